The van der Waals surface area contributed by atoms with Gasteiger partial charge < -0.3 is 20.2 Å². The zero-order valence-electron chi connectivity index (χ0n) is 14.5. The summed E-state index contributed by atoms with van der Waals surface area (Å²) in [5, 5.41) is 27.6. The van der Waals surface area contributed by atoms with Gasteiger partial charge in [-0.05, 0) is 49.4 Å². The number of phenolic OH excluding ortho intramolecular Hbond substituents is 1. The first-order chi connectivity index (χ1) is 12.5. The van der Waals surface area contributed by atoms with Crippen molar-refractivity contribution in [3.63, 3.8) is 0 Å². The Hall–Kier alpha value is -2.86. The van der Waals surface area contributed by atoms with Crippen molar-refractivity contribution in [1.82, 2.24) is 4.90 Å². The third-order valence-electron chi connectivity index (χ3n) is 4.26. The van der Waals surface area contributed by atoms with E-state index >= 15 is 0 Å². The molecule has 0 radical (unpaired) electrons. The van der Waals surface area contributed by atoms with Crippen molar-refractivity contribution < 1.29 is 24.9 Å². The van der Waals surface area contributed by atoms with Crippen molar-refractivity contribution in [1.29, 1.82) is 0 Å². The van der Waals surface area contributed by atoms with E-state index in [1.54, 1.807) is 0 Å². The second-order valence-electron chi connectivity index (χ2n) is 6.10. The van der Waals surface area contributed by atoms with Gasteiger partial charge in [-0.15, -0.1) is 0 Å². The maximum atomic E-state index is 9.86. The molecule has 1 saturated heterocycles. The SMILES string of the molecule is O=C(O)/C=C/C(=O)O.Oc1ccc(CCN2CCCC2)c2ccccc12. The Morgan fingerprint density at radius 3 is 2.08 bits per heavy atom. The molecule has 0 bridgehead atoms. The number of aromatic hydroxyl groups is 1. The maximum Gasteiger partial charge on any atom is 0.328 e. The van der Waals surface area contributed by atoms with E-state index in [0.717, 1.165) is 18.4 Å². The standard InChI is InChI=1S/C16H19NO.C4H4O4/c18-16-8-7-13(9-12-17-10-3-4-11-17)14-5-1-2-6-15(14)16;5-3(6)1-2-4(7)8/h1-2,5-8,18H,3-4,9-12H2;1-2H,(H,5,6)(H,7,8)/b;2-1+. The number of hydrogen-bond acceptors (Lipinski definition) is 4. The lowest BCUT2D eigenvalue weighted by molar-refractivity contribution is -0.134. The minimum atomic E-state index is -1.26. The van der Waals surface area contributed by atoms with E-state index in [9.17, 15) is 14.7 Å². The van der Waals surface area contributed by atoms with Gasteiger partial charge in [0.25, 0.3) is 0 Å². The lowest BCUT2D eigenvalue weighted by atomic mass is 10.0. The molecule has 6 nitrogen and oxygen atoms in total. The van der Waals surface area contributed by atoms with Crippen LogP contribution in [0.5, 0.6) is 5.75 Å². The summed E-state index contributed by atoms with van der Waals surface area (Å²) in [6.45, 7) is 3.63. The third kappa shape index (κ3) is 5.89. The van der Waals surface area contributed by atoms with E-state index in [-0.39, 0.29) is 0 Å². The van der Waals surface area contributed by atoms with Crippen molar-refractivity contribution in [2.45, 2.75) is 19.3 Å². The first-order valence-electron chi connectivity index (χ1n) is 8.53. The smallest absolute Gasteiger partial charge is 0.328 e. The highest BCUT2D eigenvalue weighted by atomic mass is 16.4. The van der Waals surface area contributed by atoms with Crippen LogP contribution < -0.4 is 0 Å². The van der Waals surface area contributed by atoms with E-state index in [0.29, 0.717) is 17.9 Å². The summed E-state index contributed by atoms with van der Waals surface area (Å²) in [6, 6.07) is 12.0. The van der Waals surface area contributed by atoms with Gasteiger partial charge in [0.15, 0.2) is 0 Å². The largest absolute Gasteiger partial charge is 0.507 e. The Morgan fingerprint density at radius 1 is 0.923 bits per heavy atom. The fourth-order valence-electron chi connectivity index (χ4n) is 2.99. The molecule has 26 heavy (non-hydrogen) atoms. The number of carboxylic acids is 2. The highest BCUT2D eigenvalue weighted by molar-refractivity contribution is 5.91. The van der Waals surface area contributed by atoms with Crippen molar-refractivity contribution >= 4 is 22.7 Å². The van der Waals surface area contributed by atoms with Crippen molar-refractivity contribution in [3.05, 3.63) is 54.1 Å². The number of fused-ring (bicyclic) bond motifs is 1. The number of carboxylic acid groups (broad SMARTS) is 2. The number of benzene rings is 2. The number of carbonyl (C=O) groups is 2. The predicted molar refractivity (Wildman–Crippen MR) is 99.4 cm³/mol. The summed E-state index contributed by atoms with van der Waals surface area (Å²) in [5.41, 5.74) is 1.34. The Balaban J connectivity index is 0.000000260. The van der Waals surface area contributed by atoms with Gasteiger partial charge in [-0.2, -0.15) is 0 Å². The van der Waals surface area contributed by atoms with Crippen LogP contribution in [0.1, 0.15) is 18.4 Å². The molecule has 1 aliphatic rings. The summed E-state index contributed by atoms with van der Waals surface area (Å²) in [4.78, 5) is 21.6. The number of aliphatic carboxylic acids is 2. The minimum absolute atomic E-state index is 0.385. The molecule has 0 spiro atoms. The molecule has 3 N–H and O–H groups in total. The number of phenols is 1. The first kappa shape index (κ1) is 19.5. The van der Waals surface area contributed by atoms with Crippen LogP contribution in [0.15, 0.2) is 48.6 Å². The summed E-state index contributed by atoms with van der Waals surface area (Å²) in [5.74, 6) is -2.13. The van der Waals surface area contributed by atoms with Crippen LogP contribution in [0.3, 0.4) is 0 Å². The molecule has 1 heterocycles. The van der Waals surface area contributed by atoms with Gasteiger partial charge in [0.05, 0.1) is 0 Å². The number of likely N-dealkylation sites (tertiary alicyclic amines) is 1. The van der Waals surface area contributed by atoms with Gasteiger partial charge in [-0.3, -0.25) is 0 Å². The minimum Gasteiger partial charge on any atom is -0.507 e. The lowest BCUT2D eigenvalue weighted by Gasteiger charge is -2.15. The zero-order valence-corrected chi connectivity index (χ0v) is 14.5. The second-order valence-corrected chi connectivity index (χ2v) is 6.10. The molecule has 1 fully saturated rings. The molecule has 0 amide bonds. The predicted octanol–water partition coefficient (Wildman–Crippen LogP) is 2.90. The Labute approximate surface area is 152 Å². The Kier molecular flexibility index (Phi) is 7.17. The second kappa shape index (κ2) is 9.58. The van der Waals surface area contributed by atoms with Gasteiger partial charge >= 0.3 is 11.9 Å². The van der Waals surface area contributed by atoms with Crippen molar-refractivity contribution in [2.75, 3.05) is 19.6 Å². The quantitative estimate of drug-likeness (QED) is 0.712. The van der Waals surface area contributed by atoms with Crippen LogP contribution in [-0.4, -0.2) is 51.8 Å². The number of hydrogen-bond donors (Lipinski definition) is 3. The molecule has 1 aliphatic heterocycles. The third-order valence-corrected chi connectivity index (χ3v) is 4.26. The van der Waals surface area contributed by atoms with Crippen LogP contribution >= 0.6 is 0 Å². The normalized spacial score (nSPS) is 14.3. The number of rotatable bonds is 5. The highest BCUT2D eigenvalue weighted by Gasteiger charge is 2.12. The van der Waals surface area contributed by atoms with Crippen molar-refractivity contribution in [3.8, 4) is 5.75 Å². The fraction of sp³-hybridized carbons (Fsp3) is 0.300. The van der Waals surface area contributed by atoms with E-state index in [2.05, 4.69) is 17.0 Å². The monoisotopic (exact) mass is 357 g/mol. The van der Waals surface area contributed by atoms with Gasteiger partial charge in [0.2, 0.25) is 0 Å². The molecule has 0 unspecified atom stereocenters. The fourth-order valence-corrected chi connectivity index (χ4v) is 2.99. The van der Waals surface area contributed by atoms with Gasteiger partial charge in [0.1, 0.15) is 5.75 Å². The molecule has 2 aromatic rings. The van der Waals surface area contributed by atoms with Gasteiger partial charge in [-0.25, -0.2) is 9.59 Å². The molecule has 0 aromatic heterocycles. The van der Waals surface area contributed by atoms with Crippen LogP contribution in [0.2, 0.25) is 0 Å². The van der Waals surface area contributed by atoms with Crippen LogP contribution in [-0.2, 0) is 16.0 Å². The Morgan fingerprint density at radius 2 is 1.50 bits per heavy atom. The Bertz CT molecular complexity index is 778. The van der Waals surface area contributed by atoms with E-state index in [1.165, 1.54) is 36.9 Å². The summed E-state index contributed by atoms with van der Waals surface area (Å²) in [7, 11) is 0. The van der Waals surface area contributed by atoms with Crippen LogP contribution in [0, 0.1) is 0 Å². The molecular weight excluding hydrogens is 334 g/mol. The molecule has 0 aliphatic carbocycles. The molecule has 0 saturated carbocycles. The lowest BCUT2D eigenvalue weighted by Crippen LogP contribution is -2.21. The van der Waals surface area contributed by atoms with Crippen LogP contribution in [0.25, 0.3) is 10.8 Å². The van der Waals surface area contributed by atoms with E-state index in [1.807, 2.05) is 24.3 Å². The molecule has 0 atom stereocenters. The summed E-state index contributed by atoms with van der Waals surface area (Å²) in [6.07, 6.45) is 4.87. The highest BCUT2D eigenvalue weighted by Crippen LogP contribution is 2.27. The maximum absolute atomic E-state index is 9.86. The zero-order chi connectivity index (χ0) is 18.9. The van der Waals surface area contributed by atoms with Gasteiger partial charge in [0, 0.05) is 24.1 Å². The topological polar surface area (TPSA) is 98.1 Å². The number of nitrogens with zero attached hydrogens (tertiary/aromatic N) is 1. The molecule has 2 aromatic carbocycles. The van der Waals surface area contributed by atoms with E-state index in [4.69, 9.17) is 10.2 Å². The molecule has 138 valence electrons. The summed E-state index contributed by atoms with van der Waals surface area (Å²) >= 11 is 0. The molecular formula is C20H23NO5. The van der Waals surface area contributed by atoms with Crippen LogP contribution in [0.4, 0.5) is 0 Å². The molecule has 6 heteroatoms. The van der Waals surface area contributed by atoms with E-state index < -0.39 is 11.9 Å². The average Bonchev–Trinajstić information content (AvgIpc) is 3.14. The van der Waals surface area contributed by atoms with Crippen molar-refractivity contribution in [2.24, 2.45) is 0 Å². The van der Waals surface area contributed by atoms with Gasteiger partial charge in [-0.1, -0.05) is 30.3 Å². The summed E-state index contributed by atoms with van der Waals surface area (Å²) < 4.78 is 0. The average molecular weight is 357 g/mol. The first-order valence-corrected chi connectivity index (χ1v) is 8.53. The molecule has 3 rings (SSSR count).